The lowest BCUT2D eigenvalue weighted by Gasteiger charge is -2.14. The SMILES string of the molecule is O=C(Nc1cc(C(F)(F)F)ccc1-n1cccn1)c1cnc2ccccc2n1. The molecular weight excluding hydrogens is 371 g/mol. The molecule has 28 heavy (non-hydrogen) atoms. The molecule has 6 nitrogen and oxygen atoms in total. The van der Waals surface area contributed by atoms with Crippen LogP contribution < -0.4 is 5.32 Å². The highest BCUT2D eigenvalue weighted by Gasteiger charge is 2.31. The summed E-state index contributed by atoms with van der Waals surface area (Å²) in [7, 11) is 0. The van der Waals surface area contributed by atoms with Crippen molar-refractivity contribution in [3.05, 3.63) is 78.4 Å². The van der Waals surface area contributed by atoms with Crippen molar-refractivity contribution < 1.29 is 18.0 Å². The van der Waals surface area contributed by atoms with Gasteiger partial charge in [-0.3, -0.25) is 9.78 Å². The van der Waals surface area contributed by atoms with Gasteiger partial charge >= 0.3 is 6.18 Å². The second-order valence-electron chi connectivity index (χ2n) is 5.88. The Morgan fingerprint density at radius 2 is 1.82 bits per heavy atom. The third-order valence-corrected chi connectivity index (χ3v) is 4.00. The average molecular weight is 383 g/mol. The number of hydrogen-bond donors (Lipinski definition) is 1. The molecule has 1 N–H and O–H groups in total. The molecule has 4 rings (SSSR count). The number of nitrogens with one attached hydrogen (secondary N) is 1. The van der Waals surface area contributed by atoms with Crippen molar-refractivity contribution in [2.45, 2.75) is 6.18 Å². The Balaban J connectivity index is 1.73. The first kappa shape index (κ1) is 17.7. The van der Waals surface area contributed by atoms with Crippen LogP contribution in [0.1, 0.15) is 16.1 Å². The van der Waals surface area contributed by atoms with Crippen LogP contribution in [0, 0.1) is 0 Å². The number of nitrogens with zero attached hydrogens (tertiary/aromatic N) is 4. The molecular formula is C19H12F3N5O. The standard InChI is InChI=1S/C19H12F3N5O/c20-19(21,22)12-6-7-17(27-9-3-8-24-27)15(10-12)26-18(28)16-11-23-13-4-1-2-5-14(13)25-16/h1-11H,(H,26,28). The monoisotopic (exact) mass is 383 g/mol. The van der Waals surface area contributed by atoms with Crippen molar-refractivity contribution in [1.29, 1.82) is 0 Å². The number of carbonyl (C=O) groups is 1. The number of anilines is 1. The summed E-state index contributed by atoms with van der Waals surface area (Å²) < 4.78 is 40.7. The number of benzene rings is 2. The number of para-hydroxylation sites is 2. The molecule has 0 radical (unpaired) electrons. The minimum atomic E-state index is -4.55. The van der Waals surface area contributed by atoms with Crippen LogP contribution in [-0.4, -0.2) is 25.7 Å². The highest BCUT2D eigenvalue weighted by Crippen LogP contribution is 2.33. The van der Waals surface area contributed by atoms with Crippen LogP contribution in [0.3, 0.4) is 0 Å². The Morgan fingerprint density at radius 3 is 2.54 bits per heavy atom. The molecule has 0 atom stereocenters. The molecule has 0 saturated carbocycles. The molecule has 1 amide bonds. The summed E-state index contributed by atoms with van der Waals surface area (Å²) in [5.74, 6) is -0.675. The smallest absolute Gasteiger partial charge is 0.319 e. The fourth-order valence-electron chi connectivity index (χ4n) is 2.68. The zero-order valence-electron chi connectivity index (χ0n) is 14.2. The van der Waals surface area contributed by atoms with Gasteiger partial charge in [0.25, 0.3) is 5.91 Å². The Hall–Kier alpha value is -3.75. The van der Waals surface area contributed by atoms with E-state index in [0.717, 1.165) is 12.1 Å². The van der Waals surface area contributed by atoms with Crippen molar-refractivity contribution in [1.82, 2.24) is 19.7 Å². The second kappa shape index (κ2) is 6.76. The van der Waals surface area contributed by atoms with Gasteiger partial charge in [0, 0.05) is 12.4 Å². The van der Waals surface area contributed by atoms with Crippen LogP contribution in [0.4, 0.5) is 18.9 Å². The molecule has 2 aromatic carbocycles. The van der Waals surface area contributed by atoms with Gasteiger partial charge in [0.1, 0.15) is 5.69 Å². The third-order valence-electron chi connectivity index (χ3n) is 4.00. The number of amides is 1. The first-order valence-corrected chi connectivity index (χ1v) is 8.16. The molecule has 9 heteroatoms. The molecule has 140 valence electrons. The maximum atomic E-state index is 13.1. The fraction of sp³-hybridized carbons (Fsp3) is 0.0526. The van der Waals surface area contributed by atoms with Crippen LogP contribution in [0.5, 0.6) is 0 Å². The van der Waals surface area contributed by atoms with E-state index in [2.05, 4.69) is 20.4 Å². The van der Waals surface area contributed by atoms with Crippen molar-refractivity contribution in [2.24, 2.45) is 0 Å². The van der Waals surface area contributed by atoms with Gasteiger partial charge in [-0.25, -0.2) is 9.67 Å². The molecule has 0 aliphatic carbocycles. The Labute approximate surface area is 156 Å². The fourth-order valence-corrected chi connectivity index (χ4v) is 2.68. The van der Waals surface area contributed by atoms with Crippen LogP contribution >= 0.6 is 0 Å². The highest BCUT2D eigenvalue weighted by molar-refractivity contribution is 6.04. The van der Waals surface area contributed by atoms with Gasteiger partial charge in [-0.15, -0.1) is 0 Å². The van der Waals surface area contributed by atoms with E-state index in [0.29, 0.717) is 16.7 Å². The number of aromatic nitrogens is 4. The van der Waals surface area contributed by atoms with E-state index in [4.69, 9.17) is 0 Å². The van der Waals surface area contributed by atoms with E-state index in [1.165, 1.54) is 23.1 Å². The molecule has 0 aliphatic rings. The molecule has 2 aromatic heterocycles. The molecule has 0 aliphatic heterocycles. The van der Waals surface area contributed by atoms with Crippen LogP contribution in [0.15, 0.2) is 67.1 Å². The average Bonchev–Trinajstić information content (AvgIpc) is 3.21. The molecule has 2 heterocycles. The lowest BCUT2D eigenvalue weighted by Crippen LogP contribution is -2.17. The summed E-state index contributed by atoms with van der Waals surface area (Å²) in [5.41, 5.74) is 0.464. The second-order valence-corrected chi connectivity index (χ2v) is 5.88. The van der Waals surface area contributed by atoms with Gasteiger partial charge < -0.3 is 5.32 Å². The van der Waals surface area contributed by atoms with Crippen molar-refractivity contribution in [3.63, 3.8) is 0 Å². The van der Waals surface area contributed by atoms with Crippen LogP contribution in [0.25, 0.3) is 16.7 Å². The topological polar surface area (TPSA) is 72.7 Å². The van der Waals surface area contributed by atoms with E-state index in [9.17, 15) is 18.0 Å². The van der Waals surface area contributed by atoms with Gasteiger partial charge in [-0.05, 0) is 36.4 Å². The number of rotatable bonds is 3. The van der Waals surface area contributed by atoms with Crippen LogP contribution in [-0.2, 0) is 6.18 Å². The van der Waals surface area contributed by atoms with E-state index < -0.39 is 17.6 Å². The van der Waals surface area contributed by atoms with Gasteiger partial charge in [-0.1, -0.05) is 12.1 Å². The lowest BCUT2D eigenvalue weighted by molar-refractivity contribution is -0.137. The maximum Gasteiger partial charge on any atom is 0.416 e. The van der Waals surface area contributed by atoms with Crippen molar-refractivity contribution in [3.8, 4) is 5.69 Å². The summed E-state index contributed by atoms with van der Waals surface area (Å²) in [6.07, 6.45) is -0.226. The Bertz CT molecular complexity index is 1160. The summed E-state index contributed by atoms with van der Waals surface area (Å²) in [6.45, 7) is 0. The predicted octanol–water partition coefficient (Wildman–Crippen LogP) is 4.09. The molecule has 0 bridgehead atoms. The first-order valence-electron chi connectivity index (χ1n) is 8.16. The third kappa shape index (κ3) is 3.41. The number of fused-ring (bicyclic) bond motifs is 1. The molecule has 0 unspecified atom stereocenters. The lowest BCUT2D eigenvalue weighted by atomic mass is 10.1. The zero-order chi connectivity index (χ0) is 19.7. The Kier molecular flexibility index (Phi) is 4.26. The molecule has 0 saturated heterocycles. The summed E-state index contributed by atoms with van der Waals surface area (Å²) >= 11 is 0. The largest absolute Gasteiger partial charge is 0.416 e. The van der Waals surface area contributed by atoms with Gasteiger partial charge in [0.15, 0.2) is 0 Å². The normalized spacial score (nSPS) is 11.5. The van der Waals surface area contributed by atoms with E-state index >= 15 is 0 Å². The van der Waals surface area contributed by atoms with Gasteiger partial charge in [0.05, 0.1) is 34.2 Å². The van der Waals surface area contributed by atoms with Crippen LogP contribution in [0.2, 0.25) is 0 Å². The predicted molar refractivity (Wildman–Crippen MR) is 96.1 cm³/mol. The minimum absolute atomic E-state index is 0.0115. The van der Waals surface area contributed by atoms with E-state index in [1.54, 1.807) is 36.5 Å². The van der Waals surface area contributed by atoms with Gasteiger partial charge in [0.2, 0.25) is 0 Å². The number of carbonyl (C=O) groups excluding carboxylic acids is 1. The molecule has 0 fully saturated rings. The molecule has 4 aromatic rings. The highest BCUT2D eigenvalue weighted by atomic mass is 19.4. The summed E-state index contributed by atoms with van der Waals surface area (Å²) in [6, 6.07) is 11.6. The number of alkyl halides is 3. The zero-order valence-corrected chi connectivity index (χ0v) is 14.2. The van der Waals surface area contributed by atoms with E-state index in [-0.39, 0.29) is 11.4 Å². The summed E-state index contributed by atoms with van der Waals surface area (Å²) in [5, 5.41) is 6.51. The molecule has 0 spiro atoms. The number of halogens is 3. The minimum Gasteiger partial charge on any atom is -0.319 e. The van der Waals surface area contributed by atoms with Crippen molar-refractivity contribution >= 4 is 22.6 Å². The Morgan fingerprint density at radius 1 is 1.04 bits per heavy atom. The first-order chi connectivity index (χ1) is 13.4. The maximum absolute atomic E-state index is 13.1. The number of hydrogen-bond acceptors (Lipinski definition) is 4. The van der Waals surface area contributed by atoms with Gasteiger partial charge in [-0.2, -0.15) is 18.3 Å². The quantitative estimate of drug-likeness (QED) is 0.578. The summed E-state index contributed by atoms with van der Waals surface area (Å²) in [4.78, 5) is 21.0. The van der Waals surface area contributed by atoms with E-state index in [1.807, 2.05) is 0 Å². The van der Waals surface area contributed by atoms with Crippen molar-refractivity contribution in [2.75, 3.05) is 5.32 Å².